The summed E-state index contributed by atoms with van der Waals surface area (Å²) < 4.78 is 0.510. The van der Waals surface area contributed by atoms with E-state index in [2.05, 4.69) is 37.2 Å². The molecule has 0 spiro atoms. The van der Waals surface area contributed by atoms with Gasteiger partial charge in [0.05, 0.1) is 4.92 Å². The molecule has 5 nitrogen and oxygen atoms in total. The number of non-ortho nitro benzene ring substituents is 1. The summed E-state index contributed by atoms with van der Waals surface area (Å²) in [6.07, 6.45) is 0. The average molecular weight is 380 g/mol. The van der Waals surface area contributed by atoms with Crippen molar-refractivity contribution in [2.24, 2.45) is 5.92 Å². The first-order chi connectivity index (χ1) is 8.43. The van der Waals surface area contributed by atoms with E-state index in [0.29, 0.717) is 16.9 Å². The highest BCUT2D eigenvalue weighted by atomic mass is 79.9. The van der Waals surface area contributed by atoms with Crippen molar-refractivity contribution in [1.29, 1.82) is 0 Å². The molecule has 1 unspecified atom stereocenters. The summed E-state index contributed by atoms with van der Waals surface area (Å²) in [6.45, 7) is 2.50. The van der Waals surface area contributed by atoms with E-state index >= 15 is 0 Å². The first-order valence-corrected chi connectivity index (χ1v) is 7.14. The standard InChI is InChI=1S/C11H12Br2N2O3/c1-7(5-12)6-14-11(16)8-2-9(13)4-10(3-8)15(17)18/h2-4,7H,5-6H2,1H3,(H,14,16). The highest BCUT2D eigenvalue weighted by molar-refractivity contribution is 9.10. The molecule has 1 atom stereocenters. The number of rotatable bonds is 5. The SMILES string of the molecule is CC(CBr)CNC(=O)c1cc(Br)cc([N+](=O)[O-])c1. The van der Waals surface area contributed by atoms with Crippen molar-refractivity contribution in [3.05, 3.63) is 38.3 Å². The zero-order valence-electron chi connectivity index (χ0n) is 9.65. The van der Waals surface area contributed by atoms with Gasteiger partial charge in [0, 0.05) is 34.0 Å². The fraction of sp³-hybridized carbons (Fsp3) is 0.364. The largest absolute Gasteiger partial charge is 0.352 e. The molecule has 1 aromatic rings. The minimum absolute atomic E-state index is 0.108. The molecular formula is C11H12Br2N2O3. The van der Waals surface area contributed by atoms with Crippen LogP contribution >= 0.6 is 31.9 Å². The molecule has 1 N–H and O–H groups in total. The third kappa shape index (κ3) is 4.38. The van der Waals surface area contributed by atoms with E-state index in [0.717, 1.165) is 5.33 Å². The Bertz CT molecular complexity index is 466. The number of nitro groups is 1. The Balaban J connectivity index is 2.82. The normalized spacial score (nSPS) is 11.9. The van der Waals surface area contributed by atoms with E-state index in [1.807, 2.05) is 6.92 Å². The lowest BCUT2D eigenvalue weighted by Crippen LogP contribution is -2.28. The highest BCUT2D eigenvalue weighted by Gasteiger charge is 2.14. The maximum absolute atomic E-state index is 11.8. The third-order valence-electron chi connectivity index (χ3n) is 2.23. The van der Waals surface area contributed by atoms with Gasteiger partial charge in [0.15, 0.2) is 0 Å². The maximum atomic E-state index is 11.8. The molecule has 0 fully saturated rings. The van der Waals surface area contributed by atoms with Crippen LogP contribution in [0.5, 0.6) is 0 Å². The Kier molecular flexibility index (Phi) is 5.74. The maximum Gasteiger partial charge on any atom is 0.271 e. The van der Waals surface area contributed by atoms with Crippen molar-refractivity contribution in [3.8, 4) is 0 Å². The second-order valence-corrected chi connectivity index (χ2v) is 5.49. The Morgan fingerprint density at radius 1 is 1.50 bits per heavy atom. The molecule has 0 saturated heterocycles. The van der Waals surface area contributed by atoms with Crippen molar-refractivity contribution in [3.63, 3.8) is 0 Å². The van der Waals surface area contributed by atoms with Crippen molar-refractivity contribution in [2.75, 3.05) is 11.9 Å². The smallest absolute Gasteiger partial charge is 0.271 e. The third-order valence-corrected chi connectivity index (χ3v) is 3.79. The second kappa shape index (κ2) is 6.84. The number of nitro benzene ring substituents is 1. The number of carbonyl (C=O) groups excluding carboxylic acids is 1. The summed E-state index contributed by atoms with van der Waals surface area (Å²) in [5, 5.41) is 14.2. The van der Waals surface area contributed by atoms with Crippen molar-refractivity contribution in [2.45, 2.75) is 6.92 Å². The van der Waals surface area contributed by atoms with Crippen LogP contribution in [0.15, 0.2) is 22.7 Å². The van der Waals surface area contributed by atoms with Gasteiger partial charge in [-0.2, -0.15) is 0 Å². The lowest BCUT2D eigenvalue weighted by Gasteiger charge is -2.09. The topological polar surface area (TPSA) is 72.2 Å². The summed E-state index contributed by atoms with van der Waals surface area (Å²) in [7, 11) is 0. The van der Waals surface area contributed by atoms with Crippen LogP contribution in [0.25, 0.3) is 0 Å². The Morgan fingerprint density at radius 3 is 2.72 bits per heavy atom. The minimum Gasteiger partial charge on any atom is -0.352 e. The van der Waals surface area contributed by atoms with Crippen LogP contribution < -0.4 is 5.32 Å². The Labute approximate surface area is 121 Å². The monoisotopic (exact) mass is 378 g/mol. The number of halogens is 2. The lowest BCUT2D eigenvalue weighted by atomic mass is 10.1. The number of nitrogens with one attached hydrogen (secondary N) is 1. The molecule has 0 heterocycles. The molecular weight excluding hydrogens is 368 g/mol. The molecule has 0 aromatic heterocycles. The van der Waals surface area contributed by atoms with E-state index in [9.17, 15) is 14.9 Å². The quantitative estimate of drug-likeness (QED) is 0.485. The zero-order chi connectivity index (χ0) is 13.7. The van der Waals surface area contributed by atoms with Gasteiger partial charge < -0.3 is 5.32 Å². The highest BCUT2D eigenvalue weighted by Crippen LogP contribution is 2.21. The van der Waals surface area contributed by atoms with E-state index < -0.39 is 4.92 Å². The first-order valence-electron chi connectivity index (χ1n) is 5.23. The predicted molar refractivity (Wildman–Crippen MR) is 76.1 cm³/mol. The van der Waals surface area contributed by atoms with Gasteiger partial charge in [0.1, 0.15) is 0 Å². The number of hydrogen-bond donors (Lipinski definition) is 1. The number of alkyl halides is 1. The number of carbonyl (C=O) groups is 1. The zero-order valence-corrected chi connectivity index (χ0v) is 12.8. The summed E-state index contributed by atoms with van der Waals surface area (Å²) in [6, 6.07) is 4.18. The van der Waals surface area contributed by atoms with Gasteiger partial charge in [-0.1, -0.05) is 38.8 Å². The van der Waals surface area contributed by atoms with E-state index in [1.165, 1.54) is 12.1 Å². The van der Waals surface area contributed by atoms with Gasteiger partial charge in [-0.15, -0.1) is 0 Å². The van der Waals surface area contributed by atoms with Crippen LogP contribution in [0.1, 0.15) is 17.3 Å². The van der Waals surface area contributed by atoms with Gasteiger partial charge in [0.25, 0.3) is 11.6 Å². The number of benzene rings is 1. The van der Waals surface area contributed by atoms with Crippen LogP contribution in [0.3, 0.4) is 0 Å². The van der Waals surface area contributed by atoms with Gasteiger partial charge in [-0.25, -0.2) is 0 Å². The molecule has 18 heavy (non-hydrogen) atoms. The summed E-state index contributed by atoms with van der Waals surface area (Å²) in [5.74, 6) is -0.0108. The van der Waals surface area contributed by atoms with Crippen LogP contribution in [0.2, 0.25) is 0 Å². The molecule has 1 rings (SSSR count). The van der Waals surface area contributed by atoms with Gasteiger partial charge in [0.2, 0.25) is 0 Å². The van der Waals surface area contributed by atoms with Crippen LogP contribution in [0, 0.1) is 16.0 Å². The molecule has 0 saturated carbocycles. The summed E-state index contributed by atoms with van der Waals surface area (Å²) >= 11 is 6.47. The van der Waals surface area contributed by atoms with E-state index in [4.69, 9.17) is 0 Å². The van der Waals surface area contributed by atoms with Crippen LogP contribution in [0.4, 0.5) is 5.69 Å². The predicted octanol–water partition coefficient (Wildman–Crippen LogP) is 3.12. The molecule has 7 heteroatoms. The fourth-order valence-corrected chi connectivity index (χ4v) is 1.94. The lowest BCUT2D eigenvalue weighted by molar-refractivity contribution is -0.385. The second-order valence-electron chi connectivity index (χ2n) is 3.92. The van der Waals surface area contributed by atoms with Crippen LogP contribution in [-0.4, -0.2) is 22.7 Å². The van der Waals surface area contributed by atoms with Gasteiger partial charge >= 0.3 is 0 Å². The number of hydrogen-bond acceptors (Lipinski definition) is 3. The molecule has 0 aliphatic heterocycles. The van der Waals surface area contributed by atoms with Crippen LogP contribution in [-0.2, 0) is 0 Å². The summed E-state index contributed by atoms with van der Waals surface area (Å²) in [4.78, 5) is 22.0. The van der Waals surface area contributed by atoms with Crippen molar-refractivity contribution >= 4 is 43.5 Å². The molecule has 1 aromatic carbocycles. The molecule has 0 bridgehead atoms. The summed E-state index contributed by atoms with van der Waals surface area (Å²) in [5.41, 5.74) is 0.168. The average Bonchev–Trinajstić information content (AvgIpc) is 2.34. The molecule has 0 aliphatic carbocycles. The minimum atomic E-state index is -0.525. The first kappa shape index (κ1) is 15.1. The molecule has 1 amide bonds. The van der Waals surface area contributed by atoms with Crippen molar-refractivity contribution in [1.82, 2.24) is 5.32 Å². The number of amides is 1. The van der Waals surface area contributed by atoms with E-state index in [-0.39, 0.29) is 17.2 Å². The Morgan fingerprint density at radius 2 is 2.17 bits per heavy atom. The van der Waals surface area contributed by atoms with Gasteiger partial charge in [-0.05, 0) is 12.0 Å². The number of nitrogens with zero attached hydrogens (tertiary/aromatic N) is 1. The molecule has 98 valence electrons. The van der Waals surface area contributed by atoms with Gasteiger partial charge in [-0.3, -0.25) is 14.9 Å². The molecule has 0 aliphatic rings. The van der Waals surface area contributed by atoms with E-state index in [1.54, 1.807) is 6.07 Å². The van der Waals surface area contributed by atoms with Crippen molar-refractivity contribution < 1.29 is 9.72 Å². The Hall–Kier alpha value is -0.950. The molecule has 0 radical (unpaired) electrons. The fourth-order valence-electron chi connectivity index (χ4n) is 1.23.